The Hall–Kier alpha value is -1.20. The van der Waals surface area contributed by atoms with Crippen molar-refractivity contribution in [1.82, 2.24) is 9.55 Å². The third kappa shape index (κ3) is 2.31. The van der Waals surface area contributed by atoms with Gasteiger partial charge in [0.1, 0.15) is 4.70 Å². The fraction of sp³-hybridized carbons (Fsp3) is 0.455. The van der Waals surface area contributed by atoms with Gasteiger partial charge in [-0.1, -0.05) is 6.92 Å². The van der Waals surface area contributed by atoms with Crippen molar-refractivity contribution >= 4 is 21.6 Å². The predicted octanol–water partition coefficient (Wildman–Crippen LogP) is 1.88. The molecule has 0 bridgehead atoms. The fourth-order valence-corrected chi connectivity index (χ4v) is 2.24. The van der Waals surface area contributed by atoms with Gasteiger partial charge in [0.15, 0.2) is 0 Å². The molecule has 0 fully saturated rings. The van der Waals surface area contributed by atoms with Gasteiger partial charge in [-0.05, 0) is 17.9 Å². The van der Waals surface area contributed by atoms with Crippen LogP contribution in [0.2, 0.25) is 0 Å². The van der Waals surface area contributed by atoms with E-state index in [2.05, 4.69) is 11.9 Å². The standard InChI is InChI=1S/C11H14N2O2S/c1-2-5-15-6-4-13-8-12-9-3-7-16-10(9)11(13)14/h3,7-8H,2,4-6H2,1H3. The lowest BCUT2D eigenvalue weighted by Crippen LogP contribution is -2.22. The van der Waals surface area contributed by atoms with Gasteiger partial charge in [-0.2, -0.15) is 0 Å². The molecule has 2 rings (SSSR count). The maximum absolute atomic E-state index is 11.9. The lowest BCUT2D eigenvalue weighted by atomic mass is 10.4. The summed E-state index contributed by atoms with van der Waals surface area (Å²) in [7, 11) is 0. The number of nitrogens with zero attached hydrogens (tertiary/aromatic N) is 2. The second-order valence-electron chi connectivity index (χ2n) is 3.49. The van der Waals surface area contributed by atoms with E-state index in [-0.39, 0.29) is 5.56 Å². The zero-order valence-corrected chi connectivity index (χ0v) is 10.00. The van der Waals surface area contributed by atoms with Crippen LogP contribution in [0.1, 0.15) is 13.3 Å². The van der Waals surface area contributed by atoms with Gasteiger partial charge in [0.2, 0.25) is 0 Å². The van der Waals surface area contributed by atoms with E-state index in [4.69, 9.17) is 4.74 Å². The van der Waals surface area contributed by atoms with Gasteiger partial charge in [-0.15, -0.1) is 11.3 Å². The van der Waals surface area contributed by atoms with E-state index >= 15 is 0 Å². The van der Waals surface area contributed by atoms with Crippen molar-refractivity contribution in [3.8, 4) is 0 Å². The maximum Gasteiger partial charge on any atom is 0.271 e. The third-order valence-corrected chi connectivity index (χ3v) is 3.15. The molecule has 0 aliphatic heterocycles. The van der Waals surface area contributed by atoms with Gasteiger partial charge >= 0.3 is 0 Å². The quantitative estimate of drug-likeness (QED) is 0.747. The molecule has 0 radical (unpaired) electrons. The van der Waals surface area contributed by atoms with Crippen LogP contribution in [0.25, 0.3) is 10.2 Å². The van der Waals surface area contributed by atoms with Gasteiger partial charge in [-0.3, -0.25) is 9.36 Å². The summed E-state index contributed by atoms with van der Waals surface area (Å²) in [5.41, 5.74) is 0.806. The van der Waals surface area contributed by atoms with Crippen molar-refractivity contribution in [3.05, 3.63) is 28.1 Å². The monoisotopic (exact) mass is 238 g/mol. The highest BCUT2D eigenvalue weighted by Crippen LogP contribution is 2.12. The van der Waals surface area contributed by atoms with Crippen LogP contribution >= 0.6 is 11.3 Å². The Labute approximate surface area is 97.5 Å². The SMILES string of the molecule is CCCOCCn1cnc2ccsc2c1=O. The first-order valence-corrected chi connectivity index (χ1v) is 6.21. The van der Waals surface area contributed by atoms with Crippen LogP contribution < -0.4 is 5.56 Å². The Morgan fingerprint density at radius 1 is 1.50 bits per heavy atom. The third-order valence-electron chi connectivity index (χ3n) is 2.26. The molecule has 2 aromatic rings. The van der Waals surface area contributed by atoms with Crippen molar-refractivity contribution in [3.63, 3.8) is 0 Å². The summed E-state index contributed by atoms with van der Waals surface area (Å²) in [5.74, 6) is 0. The van der Waals surface area contributed by atoms with Crippen LogP contribution in [-0.4, -0.2) is 22.8 Å². The molecule has 2 heterocycles. The normalized spacial score (nSPS) is 11.1. The number of hydrogen-bond acceptors (Lipinski definition) is 4. The lowest BCUT2D eigenvalue weighted by molar-refractivity contribution is 0.126. The second-order valence-corrected chi connectivity index (χ2v) is 4.41. The van der Waals surface area contributed by atoms with Gasteiger partial charge in [0.05, 0.1) is 25.0 Å². The minimum absolute atomic E-state index is 0.0279. The minimum Gasteiger partial charge on any atom is -0.380 e. The molecular weight excluding hydrogens is 224 g/mol. The van der Waals surface area contributed by atoms with E-state index < -0.39 is 0 Å². The molecule has 16 heavy (non-hydrogen) atoms. The number of rotatable bonds is 5. The highest BCUT2D eigenvalue weighted by Gasteiger charge is 2.04. The first-order chi connectivity index (χ1) is 7.83. The lowest BCUT2D eigenvalue weighted by Gasteiger charge is -2.05. The van der Waals surface area contributed by atoms with Gasteiger partial charge in [0.25, 0.3) is 5.56 Å². The molecule has 0 saturated heterocycles. The zero-order chi connectivity index (χ0) is 11.4. The molecule has 0 aliphatic rings. The van der Waals surface area contributed by atoms with E-state index in [1.165, 1.54) is 11.3 Å². The summed E-state index contributed by atoms with van der Waals surface area (Å²) in [6.07, 6.45) is 2.59. The Kier molecular flexibility index (Phi) is 3.69. The summed E-state index contributed by atoms with van der Waals surface area (Å²) in [6, 6.07) is 1.86. The Morgan fingerprint density at radius 2 is 2.38 bits per heavy atom. The first-order valence-electron chi connectivity index (χ1n) is 5.33. The number of aromatic nitrogens is 2. The molecule has 0 unspecified atom stereocenters. The average molecular weight is 238 g/mol. The topological polar surface area (TPSA) is 44.1 Å². The summed E-state index contributed by atoms with van der Waals surface area (Å²) in [4.78, 5) is 16.1. The summed E-state index contributed by atoms with van der Waals surface area (Å²) >= 11 is 1.44. The number of hydrogen-bond donors (Lipinski definition) is 0. The van der Waals surface area contributed by atoms with Crippen LogP contribution in [-0.2, 0) is 11.3 Å². The van der Waals surface area contributed by atoms with Crippen molar-refractivity contribution in [2.45, 2.75) is 19.9 Å². The van der Waals surface area contributed by atoms with Crippen LogP contribution in [0, 0.1) is 0 Å². The molecule has 0 atom stereocenters. The van der Waals surface area contributed by atoms with Gasteiger partial charge in [-0.25, -0.2) is 4.98 Å². The average Bonchev–Trinajstić information content (AvgIpc) is 2.76. The van der Waals surface area contributed by atoms with E-state index in [1.807, 2.05) is 11.4 Å². The molecule has 0 aliphatic carbocycles. The van der Waals surface area contributed by atoms with Crippen LogP contribution in [0.4, 0.5) is 0 Å². The van der Waals surface area contributed by atoms with Crippen molar-refractivity contribution in [2.75, 3.05) is 13.2 Å². The number of fused-ring (bicyclic) bond motifs is 1. The van der Waals surface area contributed by atoms with E-state index in [9.17, 15) is 4.79 Å². The van der Waals surface area contributed by atoms with E-state index in [1.54, 1.807) is 10.9 Å². The highest BCUT2D eigenvalue weighted by atomic mass is 32.1. The molecular formula is C11H14N2O2S. The Bertz CT molecular complexity index is 518. The summed E-state index contributed by atoms with van der Waals surface area (Å²) < 4.78 is 7.68. The van der Waals surface area contributed by atoms with E-state index in [0.29, 0.717) is 13.2 Å². The predicted molar refractivity (Wildman–Crippen MR) is 65.0 cm³/mol. The molecule has 0 aromatic carbocycles. The molecule has 4 nitrogen and oxygen atoms in total. The van der Waals surface area contributed by atoms with Gasteiger partial charge < -0.3 is 4.74 Å². The molecule has 2 aromatic heterocycles. The van der Waals surface area contributed by atoms with E-state index in [0.717, 1.165) is 23.2 Å². The Balaban J connectivity index is 2.12. The molecule has 0 amide bonds. The van der Waals surface area contributed by atoms with Crippen LogP contribution in [0.5, 0.6) is 0 Å². The van der Waals surface area contributed by atoms with Crippen molar-refractivity contribution in [2.24, 2.45) is 0 Å². The largest absolute Gasteiger partial charge is 0.380 e. The molecule has 0 spiro atoms. The zero-order valence-electron chi connectivity index (χ0n) is 9.18. The molecule has 5 heteroatoms. The molecule has 86 valence electrons. The van der Waals surface area contributed by atoms with Crippen LogP contribution in [0.15, 0.2) is 22.6 Å². The summed E-state index contributed by atoms with van der Waals surface area (Å²) in [6.45, 7) is 3.93. The maximum atomic E-state index is 11.9. The second kappa shape index (κ2) is 5.23. The van der Waals surface area contributed by atoms with Gasteiger partial charge in [0, 0.05) is 6.61 Å². The van der Waals surface area contributed by atoms with Crippen molar-refractivity contribution < 1.29 is 4.74 Å². The first kappa shape index (κ1) is 11.3. The highest BCUT2D eigenvalue weighted by molar-refractivity contribution is 7.17. The molecule has 0 N–H and O–H groups in total. The number of ether oxygens (including phenoxy) is 1. The molecule has 0 saturated carbocycles. The van der Waals surface area contributed by atoms with Crippen molar-refractivity contribution in [1.29, 1.82) is 0 Å². The minimum atomic E-state index is 0.0279. The van der Waals surface area contributed by atoms with Crippen LogP contribution in [0.3, 0.4) is 0 Å². The Morgan fingerprint density at radius 3 is 3.19 bits per heavy atom. The fourth-order valence-electron chi connectivity index (χ4n) is 1.45. The summed E-state index contributed by atoms with van der Waals surface area (Å²) in [5, 5.41) is 1.89. The number of thiophene rings is 1. The smallest absolute Gasteiger partial charge is 0.271 e.